The fourth-order valence-electron chi connectivity index (χ4n) is 1.76. The van der Waals surface area contributed by atoms with E-state index < -0.39 is 0 Å². The van der Waals surface area contributed by atoms with Crippen molar-refractivity contribution in [3.63, 3.8) is 0 Å². The van der Waals surface area contributed by atoms with Gasteiger partial charge in [-0.2, -0.15) is 10.1 Å². The average Bonchev–Trinajstić information content (AvgIpc) is 2.55. The second-order valence-corrected chi connectivity index (χ2v) is 4.49. The lowest BCUT2D eigenvalue weighted by Crippen LogP contribution is -2.26. The molecule has 0 bridgehead atoms. The molecule has 5 nitrogen and oxygen atoms in total. The van der Waals surface area contributed by atoms with Crippen LogP contribution in [0.4, 0.5) is 11.5 Å². The van der Waals surface area contributed by atoms with Crippen molar-refractivity contribution in [1.82, 2.24) is 9.97 Å². The molecule has 22 heavy (non-hydrogen) atoms. The number of aromatic nitrogens is 3. The summed E-state index contributed by atoms with van der Waals surface area (Å²) in [5, 5.41) is 0. The number of nitrogens with two attached hydrogens (primary N) is 1. The van der Waals surface area contributed by atoms with E-state index in [0.717, 1.165) is 5.56 Å². The molecular weight excluding hydrogens is 274 g/mol. The Labute approximate surface area is 128 Å². The summed E-state index contributed by atoms with van der Waals surface area (Å²) >= 11 is 0. The summed E-state index contributed by atoms with van der Waals surface area (Å²) < 4.78 is 1.67. The van der Waals surface area contributed by atoms with Crippen LogP contribution in [0.2, 0.25) is 0 Å². The van der Waals surface area contributed by atoms with E-state index in [1.807, 2.05) is 54.9 Å². The maximum Gasteiger partial charge on any atom is 0.182 e. The minimum absolute atomic E-state index is 0.519. The molecule has 0 unspecified atom stereocenters. The molecule has 5 heteroatoms. The maximum absolute atomic E-state index is 5.71. The zero-order chi connectivity index (χ0) is 15.2. The van der Waals surface area contributed by atoms with Crippen molar-refractivity contribution in [3.8, 4) is 11.8 Å². The van der Waals surface area contributed by atoms with Crippen LogP contribution >= 0.6 is 0 Å². The molecule has 3 rings (SSSR count). The van der Waals surface area contributed by atoms with Gasteiger partial charge in [0.1, 0.15) is 5.69 Å². The topological polar surface area (TPSA) is 69.8 Å². The molecule has 0 saturated heterocycles. The molecule has 106 valence electrons. The highest BCUT2D eigenvalue weighted by Gasteiger charge is 1.94. The Bertz CT molecular complexity index is 817. The summed E-state index contributed by atoms with van der Waals surface area (Å²) in [5.41, 5.74) is 12.1. The first-order chi connectivity index (χ1) is 10.8. The van der Waals surface area contributed by atoms with Crippen molar-refractivity contribution in [2.75, 3.05) is 5.73 Å². The van der Waals surface area contributed by atoms with Gasteiger partial charge in [0.2, 0.25) is 0 Å². The standard InChI is InChI=1S/C17H13N5/c18-15-6-4-5-14(11-15)7-8-16-12-20-17(13-19-16)21-22-9-2-1-3-10-22/h1-6,9-13H,18H2. The average molecular weight is 287 g/mol. The van der Waals surface area contributed by atoms with Crippen LogP contribution in [-0.2, 0) is 0 Å². The van der Waals surface area contributed by atoms with Crippen molar-refractivity contribution >= 4 is 11.5 Å². The molecule has 0 fully saturated rings. The smallest absolute Gasteiger partial charge is 0.182 e. The number of pyridine rings is 1. The minimum Gasteiger partial charge on any atom is -0.435 e. The van der Waals surface area contributed by atoms with E-state index in [9.17, 15) is 0 Å². The van der Waals surface area contributed by atoms with Crippen molar-refractivity contribution in [2.24, 2.45) is 0 Å². The van der Waals surface area contributed by atoms with Gasteiger partial charge in [-0.05, 0) is 30.3 Å². The predicted octanol–water partition coefficient (Wildman–Crippen LogP) is 2.21. The lowest BCUT2D eigenvalue weighted by atomic mass is 10.2. The van der Waals surface area contributed by atoms with E-state index >= 15 is 0 Å². The normalized spacial score (nSPS) is 9.64. The molecular formula is C17H13N5. The van der Waals surface area contributed by atoms with Crippen LogP contribution in [0.1, 0.15) is 11.3 Å². The van der Waals surface area contributed by atoms with E-state index in [4.69, 9.17) is 5.73 Å². The van der Waals surface area contributed by atoms with Gasteiger partial charge in [0, 0.05) is 35.4 Å². The second-order valence-electron chi connectivity index (χ2n) is 4.49. The first-order valence-electron chi connectivity index (χ1n) is 6.67. The third kappa shape index (κ3) is 3.58. The van der Waals surface area contributed by atoms with Gasteiger partial charge in [-0.25, -0.2) is 4.98 Å². The molecule has 1 aromatic carbocycles. The van der Waals surface area contributed by atoms with E-state index in [-0.39, 0.29) is 0 Å². The highest BCUT2D eigenvalue weighted by molar-refractivity contribution is 5.48. The Kier molecular flexibility index (Phi) is 3.94. The number of nitrogens with zero attached hydrogens (tertiary/aromatic N) is 4. The van der Waals surface area contributed by atoms with E-state index in [1.165, 1.54) is 0 Å². The van der Waals surface area contributed by atoms with Crippen LogP contribution in [0.15, 0.2) is 67.3 Å². The molecule has 2 aromatic heterocycles. The van der Waals surface area contributed by atoms with Crippen molar-refractivity contribution in [1.29, 1.82) is 0 Å². The van der Waals surface area contributed by atoms with Gasteiger partial charge in [-0.15, -0.1) is 0 Å². The number of benzene rings is 1. The number of rotatable bonds is 2. The Balaban J connectivity index is 1.72. The van der Waals surface area contributed by atoms with E-state index in [1.54, 1.807) is 17.1 Å². The molecule has 0 aliphatic rings. The summed E-state index contributed by atoms with van der Waals surface area (Å²) in [6, 6.07) is 13.1. The number of hydrogen-bond acceptors (Lipinski definition) is 3. The summed E-state index contributed by atoms with van der Waals surface area (Å²) in [6.07, 6.45) is 6.84. The fourth-order valence-corrected chi connectivity index (χ4v) is 1.76. The van der Waals surface area contributed by atoms with E-state index in [0.29, 0.717) is 17.2 Å². The van der Waals surface area contributed by atoms with Gasteiger partial charge < -0.3 is 10.7 Å². The summed E-state index contributed by atoms with van der Waals surface area (Å²) in [6.45, 7) is 0. The number of anilines is 1. The second kappa shape index (κ2) is 6.37. The predicted molar refractivity (Wildman–Crippen MR) is 83.9 cm³/mol. The third-order valence-corrected chi connectivity index (χ3v) is 2.78. The Morgan fingerprint density at radius 3 is 2.55 bits per heavy atom. The first kappa shape index (κ1) is 13.6. The van der Waals surface area contributed by atoms with Crippen LogP contribution in [0.5, 0.6) is 0 Å². The van der Waals surface area contributed by atoms with Crippen LogP contribution in [0.25, 0.3) is 5.43 Å². The highest BCUT2D eigenvalue weighted by Crippen LogP contribution is 2.09. The molecule has 0 atom stereocenters. The van der Waals surface area contributed by atoms with E-state index in [2.05, 4.69) is 27.2 Å². The van der Waals surface area contributed by atoms with Crippen LogP contribution in [0.3, 0.4) is 0 Å². The van der Waals surface area contributed by atoms with Gasteiger partial charge in [-0.1, -0.05) is 18.1 Å². The molecule has 3 aromatic rings. The van der Waals surface area contributed by atoms with Gasteiger partial charge in [0.15, 0.2) is 12.4 Å². The summed E-state index contributed by atoms with van der Waals surface area (Å²) in [4.78, 5) is 8.46. The summed E-state index contributed by atoms with van der Waals surface area (Å²) in [7, 11) is 0. The van der Waals surface area contributed by atoms with Gasteiger partial charge >= 0.3 is 0 Å². The largest absolute Gasteiger partial charge is 0.435 e. The molecule has 0 aliphatic heterocycles. The molecule has 0 spiro atoms. The molecule has 2 N–H and O–H groups in total. The third-order valence-electron chi connectivity index (χ3n) is 2.78. The molecule has 2 heterocycles. The minimum atomic E-state index is 0.519. The Morgan fingerprint density at radius 2 is 1.82 bits per heavy atom. The van der Waals surface area contributed by atoms with Gasteiger partial charge in [0.25, 0.3) is 0 Å². The van der Waals surface area contributed by atoms with Crippen molar-refractivity contribution in [3.05, 3.63) is 83.9 Å². The molecule has 0 amide bonds. The van der Waals surface area contributed by atoms with Crippen LogP contribution < -0.4 is 10.4 Å². The van der Waals surface area contributed by atoms with Crippen molar-refractivity contribution < 1.29 is 4.68 Å². The molecule has 0 radical (unpaired) electrons. The lowest BCUT2D eigenvalue weighted by molar-refractivity contribution is -0.619. The lowest BCUT2D eigenvalue weighted by Gasteiger charge is -2.06. The highest BCUT2D eigenvalue weighted by atomic mass is 15.4. The SMILES string of the molecule is Nc1cccc(C#Cc2cnc([N-][n+]3ccccc3)cn2)c1. The Hall–Kier alpha value is -3.39. The maximum atomic E-state index is 5.71. The van der Waals surface area contributed by atoms with Crippen LogP contribution in [0, 0.1) is 11.8 Å². The molecule has 0 aliphatic carbocycles. The number of hydrogen-bond donors (Lipinski definition) is 1. The quantitative estimate of drug-likeness (QED) is 0.446. The number of nitrogen functional groups attached to an aromatic ring is 1. The van der Waals surface area contributed by atoms with Crippen LogP contribution in [-0.4, -0.2) is 9.97 Å². The monoisotopic (exact) mass is 287 g/mol. The van der Waals surface area contributed by atoms with Crippen molar-refractivity contribution in [2.45, 2.75) is 0 Å². The Morgan fingerprint density at radius 1 is 0.955 bits per heavy atom. The first-order valence-corrected chi connectivity index (χ1v) is 6.67. The zero-order valence-corrected chi connectivity index (χ0v) is 11.7. The summed E-state index contributed by atoms with van der Waals surface area (Å²) in [5.74, 6) is 6.47. The zero-order valence-electron chi connectivity index (χ0n) is 11.7. The molecule has 0 saturated carbocycles. The fraction of sp³-hybridized carbons (Fsp3) is 0. The van der Waals surface area contributed by atoms with Gasteiger partial charge in [0.05, 0.1) is 0 Å². The van der Waals surface area contributed by atoms with Gasteiger partial charge in [-0.3, -0.25) is 0 Å².